The molecule has 6 heteroatoms. The van der Waals surface area contributed by atoms with Gasteiger partial charge in [0, 0.05) is 24.3 Å². The zero-order valence-electron chi connectivity index (χ0n) is 11.1. The topological polar surface area (TPSA) is 75.0 Å². The zero-order chi connectivity index (χ0) is 13.9. The first-order valence-electron chi connectivity index (χ1n) is 6.30. The molecule has 0 saturated carbocycles. The van der Waals surface area contributed by atoms with Crippen LogP contribution < -0.4 is 5.32 Å². The number of aromatic nitrogens is 1. The Kier molecular flexibility index (Phi) is 4.17. The van der Waals surface area contributed by atoms with Crippen molar-refractivity contribution in [3.63, 3.8) is 0 Å². The van der Waals surface area contributed by atoms with E-state index in [-0.39, 0.29) is 11.9 Å². The fourth-order valence-corrected chi connectivity index (χ4v) is 2.85. The highest BCUT2D eigenvalue weighted by molar-refractivity contribution is 7.11. The first-order valence-corrected chi connectivity index (χ1v) is 7.11. The maximum Gasteiger partial charge on any atom is 0.241 e. The van der Waals surface area contributed by atoms with Crippen molar-refractivity contribution < 1.29 is 9.53 Å². The Labute approximate surface area is 116 Å². The molecule has 1 amide bonds. The highest BCUT2D eigenvalue weighted by Crippen LogP contribution is 2.31. The summed E-state index contributed by atoms with van der Waals surface area (Å²) in [6.45, 7) is 4.79. The van der Waals surface area contributed by atoms with E-state index in [1.165, 1.54) is 0 Å². The molecule has 102 valence electrons. The minimum absolute atomic E-state index is 0.167. The maximum absolute atomic E-state index is 12.3. The summed E-state index contributed by atoms with van der Waals surface area (Å²) in [5.74, 6) is -0.210. The van der Waals surface area contributed by atoms with Crippen LogP contribution in [0.25, 0.3) is 0 Å². The standard InChI is InChI=1S/C13H17N3O2S/c1-9-7-15-11(19-9)10(2)16-12(17)13(8-14)3-5-18-6-4-13/h7,10H,3-6H2,1-2H3,(H,16,17). The van der Waals surface area contributed by atoms with Crippen LogP contribution in [0.4, 0.5) is 0 Å². The smallest absolute Gasteiger partial charge is 0.241 e. The number of rotatable bonds is 3. The summed E-state index contributed by atoms with van der Waals surface area (Å²) in [7, 11) is 0. The average Bonchev–Trinajstić information content (AvgIpc) is 2.86. The largest absolute Gasteiger partial charge is 0.381 e. The third kappa shape index (κ3) is 2.94. The van der Waals surface area contributed by atoms with Crippen LogP contribution in [-0.4, -0.2) is 24.1 Å². The number of hydrogen-bond donors (Lipinski definition) is 1. The summed E-state index contributed by atoms with van der Waals surface area (Å²) in [4.78, 5) is 17.7. The van der Waals surface area contributed by atoms with Gasteiger partial charge < -0.3 is 10.1 Å². The summed E-state index contributed by atoms with van der Waals surface area (Å²) in [6, 6.07) is 2.00. The predicted molar refractivity (Wildman–Crippen MR) is 71.5 cm³/mol. The number of nitrogens with zero attached hydrogens (tertiary/aromatic N) is 2. The molecule has 1 aliphatic heterocycles. The third-order valence-corrected chi connectivity index (χ3v) is 4.45. The van der Waals surface area contributed by atoms with E-state index in [0.29, 0.717) is 26.1 Å². The van der Waals surface area contributed by atoms with Crippen molar-refractivity contribution in [1.29, 1.82) is 5.26 Å². The molecule has 2 rings (SSSR count). The van der Waals surface area contributed by atoms with E-state index in [2.05, 4.69) is 16.4 Å². The Morgan fingerprint density at radius 2 is 2.32 bits per heavy atom. The van der Waals surface area contributed by atoms with E-state index in [4.69, 9.17) is 4.74 Å². The number of nitrogens with one attached hydrogen (secondary N) is 1. The number of amides is 1. The molecule has 1 atom stereocenters. The molecule has 0 aromatic carbocycles. The van der Waals surface area contributed by atoms with Gasteiger partial charge in [-0.1, -0.05) is 0 Å². The number of carbonyl (C=O) groups excluding carboxylic acids is 1. The minimum atomic E-state index is -0.946. The Morgan fingerprint density at radius 1 is 1.63 bits per heavy atom. The molecule has 1 unspecified atom stereocenters. The fraction of sp³-hybridized carbons (Fsp3) is 0.615. The minimum Gasteiger partial charge on any atom is -0.381 e. The quantitative estimate of drug-likeness (QED) is 0.917. The molecule has 1 aromatic heterocycles. The van der Waals surface area contributed by atoms with Crippen LogP contribution in [-0.2, 0) is 9.53 Å². The van der Waals surface area contributed by atoms with Gasteiger partial charge >= 0.3 is 0 Å². The fourth-order valence-electron chi connectivity index (χ4n) is 2.08. The van der Waals surface area contributed by atoms with Crippen molar-refractivity contribution in [3.8, 4) is 6.07 Å². The molecular weight excluding hydrogens is 262 g/mol. The van der Waals surface area contributed by atoms with Crippen LogP contribution in [0.2, 0.25) is 0 Å². The van der Waals surface area contributed by atoms with Crippen LogP contribution in [0, 0.1) is 23.7 Å². The van der Waals surface area contributed by atoms with E-state index < -0.39 is 5.41 Å². The van der Waals surface area contributed by atoms with Gasteiger partial charge in [-0.05, 0) is 26.7 Å². The van der Waals surface area contributed by atoms with Gasteiger partial charge in [-0.15, -0.1) is 11.3 Å². The van der Waals surface area contributed by atoms with Crippen molar-refractivity contribution in [2.24, 2.45) is 5.41 Å². The van der Waals surface area contributed by atoms with Crippen molar-refractivity contribution in [1.82, 2.24) is 10.3 Å². The van der Waals surface area contributed by atoms with E-state index in [1.807, 2.05) is 13.8 Å². The summed E-state index contributed by atoms with van der Waals surface area (Å²) in [6.07, 6.45) is 2.70. The summed E-state index contributed by atoms with van der Waals surface area (Å²) in [5.41, 5.74) is -0.946. The van der Waals surface area contributed by atoms with Gasteiger partial charge in [0.2, 0.25) is 5.91 Å². The number of carbonyl (C=O) groups is 1. The first-order chi connectivity index (χ1) is 9.07. The zero-order valence-corrected chi connectivity index (χ0v) is 11.9. The van der Waals surface area contributed by atoms with Crippen LogP contribution in [0.1, 0.15) is 35.7 Å². The van der Waals surface area contributed by atoms with Crippen molar-refractivity contribution in [2.75, 3.05) is 13.2 Å². The molecule has 0 bridgehead atoms. The lowest BCUT2D eigenvalue weighted by atomic mass is 9.80. The molecule has 2 heterocycles. The maximum atomic E-state index is 12.3. The van der Waals surface area contributed by atoms with Crippen molar-refractivity contribution >= 4 is 17.2 Å². The van der Waals surface area contributed by atoms with Gasteiger partial charge in [-0.3, -0.25) is 4.79 Å². The number of aryl methyl sites for hydroxylation is 1. The number of ether oxygens (including phenoxy) is 1. The lowest BCUT2D eigenvalue weighted by Crippen LogP contribution is -2.44. The highest BCUT2D eigenvalue weighted by atomic mass is 32.1. The Morgan fingerprint density at radius 3 is 2.84 bits per heavy atom. The van der Waals surface area contributed by atoms with Gasteiger partial charge in [0.1, 0.15) is 10.4 Å². The van der Waals surface area contributed by atoms with Crippen LogP contribution in [0.15, 0.2) is 6.20 Å². The second-order valence-corrected chi connectivity index (χ2v) is 6.08. The third-order valence-electron chi connectivity index (χ3n) is 3.35. The van der Waals surface area contributed by atoms with Gasteiger partial charge in [0.05, 0.1) is 12.1 Å². The normalized spacial score (nSPS) is 19.4. The lowest BCUT2D eigenvalue weighted by Gasteiger charge is -2.30. The van der Waals surface area contributed by atoms with Crippen LogP contribution in [0.5, 0.6) is 0 Å². The summed E-state index contributed by atoms with van der Waals surface area (Å²) >= 11 is 1.56. The van der Waals surface area contributed by atoms with E-state index >= 15 is 0 Å². The van der Waals surface area contributed by atoms with Gasteiger partial charge in [-0.25, -0.2) is 4.98 Å². The summed E-state index contributed by atoms with van der Waals surface area (Å²) in [5, 5.41) is 13.1. The number of nitriles is 1. The van der Waals surface area contributed by atoms with Gasteiger partial charge in [-0.2, -0.15) is 5.26 Å². The van der Waals surface area contributed by atoms with Crippen molar-refractivity contribution in [3.05, 3.63) is 16.1 Å². The molecule has 1 aromatic rings. The molecule has 0 radical (unpaired) electrons. The lowest BCUT2D eigenvalue weighted by molar-refractivity contribution is -0.133. The molecule has 5 nitrogen and oxygen atoms in total. The van der Waals surface area contributed by atoms with Crippen LogP contribution >= 0.6 is 11.3 Å². The molecule has 0 spiro atoms. The Hall–Kier alpha value is -1.45. The second kappa shape index (κ2) is 5.68. The Balaban J connectivity index is 2.05. The summed E-state index contributed by atoms with van der Waals surface area (Å²) < 4.78 is 5.23. The molecule has 19 heavy (non-hydrogen) atoms. The molecule has 1 fully saturated rings. The molecule has 1 saturated heterocycles. The highest BCUT2D eigenvalue weighted by Gasteiger charge is 2.41. The number of thiazole rings is 1. The van der Waals surface area contributed by atoms with E-state index in [0.717, 1.165) is 9.88 Å². The van der Waals surface area contributed by atoms with E-state index in [9.17, 15) is 10.1 Å². The van der Waals surface area contributed by atoms with Crippen molar-refractivity contribution in [2.45, 2.75) is 32.7 Å². The van der Waals surface area contributed by atoms with Gasteiger partial charge in [0.15, 0.2) is 0 Å². The van der Waals surface area contributed by atoms with Gasteiger partial charge in [0.25, 0.3) is 0 Å². The second-order valence-electron chi connectivity index (χ2n) is 4.81. The predicted octanol–water partition coefficient (Wildman–Crippen LogP) is 1.95. The SMILES string of the molecule is Cc1cnc(C(C)NC(=O)C2(C#N)CCOCC2)s1. The molecule has 1 N–H and O–H groups in total. The molecule has 0 aliphatic carbocycles. The monoisotopic (exact) mass is 279 g/mol. The molecular formula is C13H17N3O2S. The first kappa shape index (κ1) is 14.0. The molecule has 1 aliphatic rings. The Bertz CT molecular complexity index is 500. The van der Waals surface area contributed by atoms with E-state index in [1.54, 1.807) is 17.5 Å². The number of hydrogen-bond acceptors (Lipinski definition) is 5. The average molecular weight is 279 g/mol. The van der Waals surface area contributed by atoms with Crippen LogP contribution in [0.3, 0.4) is 0 Å².